The lowest BCUT2D eigenvalue weighted by Crippen LogP contribution is -2.36. The summed E-state index contributed by atoms with van der Waals surface area (Å²) in [7, 11) is -3.58. The van der Waals surface area contributed by atoms with Crippen molar-refractivity contribution >= 4 is 21.4 Å². The molecule has 0 saturated heterocycles. The summed E-state index contributed by atoms with van der Waals surface area (Å²) in [6, 6.07) is 0. The summed E-state index contributed by atoms with van der Waals surface area (Å²) in [5.41, 5.74) is 0.424. The van der Waals surface area contributed by atoms with Crippen LogP contribution in [0.3, 0.4) is 0 Å². The van der Waals surface area contributed by atoms with Crippen molar-refractivity contribution in [3.63, 3.8) is 0 Å². The van der Waals surface area contributed by atoms with E-state index in [-0.39, 0.29) is 20.9 Å². The quantitative estimate of drug-likeness (QED) is 0.874. The van der Waals surface area contributed by atoms with Gasteiger partial charge >= 0.3 is 4.87 Å². The van der Waals surface area contributed by atoms with Gasteiger partial charge in [0.15, 0.2) is 4.21 Å². The number of aromatic nitrogens is 1. The van der Waals surface area contributed by atoms with Crippen molar-refractivity contribution < 1.29 is 8.42 Å². The SMILES string of the molecule is Cc1[nH]c(=O)sc1S(=O)(=O)N(CC(C)C)CC(C)C. The van der Waals surface area contributed by atoms with E-state index in [1.54, 1.807) is 6.92 Å². The van der Waals surface area contributed by atoms with Gasteiger partial charge in [-0.15, -0.1) is 0 Å². The van der Waals surface area contributed by atoms with Gasteiger partial charge in [-0.3, -0.25) is 4.79 Å². The zero-order valence-electron chi connectivity index (χ0n) is 12.1. The van der Waals surface area contributed by atoms with E-state index in [2.05, 4.69) is 4.98 Å². The lowest BCUT2D eigenvalue weighted by molar-refractivity contribution is 0.334. The zero-order chi connectivity index (χ0) is 14.8. The third-order valence-corrected chi connectivity index (χ3v) is 5.91. The van der Waals surface area contributed by atoms with Gasteiger partial charge in [0, 0.05) is 18.8 Å². The number of thiazole rings is 1. The summed E-state index contributed by atoms with van der Waals surface area (Å²) in [4.78, 5) is 13.5. The standard InChI is InChI=1S/C12H22N2O3S2/c1-8(2)6-14(7-9(3)4)19(16,17)11-10(5)13-12(15)18-11/h8-9H,6-7H2,1-5H3,(H,13,15). The molecule has 7 heteroatoms. The minimum absolute atomic E-state index is 0.138. The highest BCUT2D eigenvalue weighted by molar-refractivity contribution is 7.91. The molecule has 0 fully saturated rings. The smallest absolute Gasteiger partial charge is 0.305 e. The van der Waals surface area contributed by atoms with Crippen molar-refractivity contribution in [1.82, 2.24) is 9.29 Å². The van der Waals surface area contributed by atoms with Gasteiger partial charge in [0.25, 0.3) is 10.0 Å². The number of aromatic amines is 1. The molecule has 1 aromatic heterocycles. The van der Waals surface area contributed by atoms with E-state index < -0.39 is 10.0 Å². The van der Waals surface area contributed by atoms with Gasteiger partial charge in [-0.25, -0.2) is 8.42 Å². The van der Waals surface area contributed by atoms with Gasteiger partial charge < -0.3 is 4.98 Å². The van der Waals surface area contributed by atoms with Crippen molar-refractivity contribution in [2.24, 2.45) is 11.8 Å². The van der Waals surface area contributed by atoms with E-state index in [4.69, 9.17) is 0 Å². The Morgan fingerprint density at radius 2 is 1.63 bits per heavy atom. The predicted molar refractivity (Wildman–Crippen MR) is 78.1 cm³/mol. The molecule has 0 aliphatic heterocycles. The number of nitrogens with zero attached hydrogens (tertiary/aromatic N) is 1. The monoisotopic (exact) mass is 306 g/mol. The number of nitrogens with one attached hydrogen (secondary N) is 1. The van der Waals surface area contributed by atoms with E-state index in [1.165, 1.54) is 4.31 Å². The summed E-state index contributed by atoms with van der Waals surface area (Å²) in [5.74, 6) is 0.481. The Morgan fingerprint density at radius 3 is 1.95 bits per heavy atom. The van der Waals surface area contributed by atoms with Crippen LogP contribution in [0.5, 0.6) is 0 Å². The van der Waals surface area contributed by atoms with Crippen LogP contribution < -0.4 is 4.87 Å². The first-order valence-electron chi connectivity index (χ1n) is 6.34. The Balaban J connectivity index is 3.19. The fourth-order valence-electron chi connectivity index (χ4n) is 1.84. The second-order valence-corrected chi connectivity index (χ2v) is 8.65. The Morgan fingerprint density at radius 1 is 1.16 bits per heavy atom. The van der Waals surface area contributed by atoms with Gasteiger partial charge in [0.2, 0.25) is 0 Å². The minimum Gasteiger partial charge on any atom is -0.315 e. The molecule has 0 atom stereocenters. The Labute approximate surface area is 118 Å². The van der Waals surface area contributed by atoms with Crippen LogP contribution in [0.1, 0.15) is 33.4 Å². The maximum absolute atomic E-state index is 12.6. The maximum Gasteiger partial charge on any atom is 0.305 e. The van der Waals surface area contributed by atoms with Crippen LogP contribution in [0.4, 0.5) is 0 Å². The number of sulfonamides is 1. The molecule has 1 heterocycles. The summed E-state index contributed by atoms with van der Waals surface area (Å²) in [6.45, 7) is 10.5. The molecule has 0 spiro atoms. The molecule has 0 saturated carbocycles. The Kier molecular flexibility index (Phi) is 5.34. The summed E-state index contributed by atoms with van der Waals surface area (Å²) >= 11 is 0.763. The first-order valence-corrected chi connectivity index (χ1v) is 8.60. The average molecular weight is 306 g/mol. The van der Waals surface area contributed by atoms with Crippen LogP contribution >= 0.6 is 11.3 Å². The lowest BCUT2D eigenvalue weighted by atomic mass is 10.2. The second kappa shape index (κ2) is 6.19. The average Bonchev–Trinajstić information content (AvgIpc) is 2.56. The number of aryl methyl sites for hydroxylation is 1. The van der Waals surface area contributed by atoms with Crippen molar-refractivity contribution in [1.29, 1.82) is 0 Å². The molecule has 1 aromatic rings. The molecule has 1 rings (SSSR count). The molecular weight excluding hydrogens is 284 g/mol. The van der Waals surface area contributed by atoms with Crippen LogP contribution in [-0.4, -0.2) is 30.8 Å². The molecule has 0 amide bonds. The van der Waals surface area contributed by atoms with Crippen molar-refractivity contribution in [3.8, 4) is 0 Å². The Bertz CT molecular complexity index is 560. The molecule has 19 heavy (non-hydrogen) atoms. The molecule has 110 valence electrons. The summed E-state index contributed by atoms with van der Waals surface area (Å²) < 4.78 is 26.8. The first kappa shape index (κ1) is 16.4. The number of hydrogen-bond donors (Lipinski definition) is 1. The predicted octanol–water partition coefficient (Wildman–Crippen LogP) is 2.05. The van der Waals surface area contributed by atoms with Gasteiger partial charge in [0.1, 0.15) is 0 Å². The van der Waals surface area contributed by atoms with Crippen LogP contribution in [0, 0.1) is 18.8 Å². The van der Waals surface area contributed by atoms with Crippen molar-refractivity contribution in [2.75, 3.05) is 13.1 Å². The van der Waals surface area contributed by atoms with E-state index in [1.807, 2.05) is 27.7 Å². The number of H-pyrrole nitrogens is 1. The van der Waals surface area contributed by atoms with E-state index >= 15 is 0 Å². The van der Waals surface area contributed by atoms with Gasteiger partial charge in [-0.2, -0.15) is 4.31 Å². The second-order valence-electron chi connectivity index (χ2n) is 5.54. The fourth-order valence-corrected chi connectivity index (χ4v) is 5.04. The van der Waals surface area contributed by atoms with Gasteiger partial charge in [-0.1, -0.05) is 39.0 Å². The third-order valence-electron chi connectivity index (χ3n) is 2.49. The van der Waals surface area contributed by atoms with Gasteiger partial charge in [0.05, 0.1) is 0 Å². The van der Waals surface area contributed by atoms with Crippen LogP contribution in [-0.2, 0) is 10.0 Å². The molecule has 0 radical (unpaired) electrons. The van der Waals surface area contributed by atoms with Crippen LogP contribution in [0.15, 0.2) is 9.00 Å². The molecule has 0 aromatic carbocycles. The third kappa shape index (κ3) is 4.15. The van der Waals surface area contributed by atoms with Crippen molar-refractivity contribution in [3.05, 3.63) is 15.4 Å². The molecule has 0 aliphatic carbocycles. The van der Waals surface area contributed by atoms with Crippen molar-refractivity contribution in [2.45, 2.75) is 38.8 Å². The summed E-state index contributed by atoms with van der Waals surface area (Å²) in [5, 5.41) is 0. The molecule has 1 N–H and O–H groups in total. The minimum atomic E-state index is -3.58. The largest absolute Gasteiger partial charge is 0.315 e. The normalized spacial score (nSPS) is 12.8. The van der Waals surface area contributed by atoms with E-state index in [0.29, 0.717) is 18.8 Å². The highest BCUT2D eigenvalue weighted by Crippen LogP contribution is 2.23. The summed E-state index contributed by atoms with van der Waals surface area (Å²) in [6.07, 6.45) is 0. The molecule has 0 bridgehead atoms. The number of hydrogen-bond acceptors (Lipinski definition) is 4. The molecule has 5 nitrogen and oxygen atoms in total. The molecule has 0 aliphatic rings. The molecule has 0 unspecified atom stereocenters. The number of rotatable bonds is 6. The zero-order valence-corrected chi connectivity index (χ0v) is 13.7. The van der Waals surface area contributed by atoms with E-state index in [9.17, 15) is 13.2 Å². The van der Waals surface area contributed by atoms with Crippen LogP contribution in [0.25, 0.3) is 0 Å². The van der Waals surface area contributed by atoms with E-state index in [0.717, 1.165) is 11.3 Å². The molecular formula is C12H22N2O3S2. The van der Waals surface area contributed by atoms with Crippen LogP contribution in [0.2, 0.25) is 0 Å². The maximum atomic E-state index is 12.6. The fraction of sp³-hybridized carbons (Fsp3) is 0.750. The highest BCUT2D eigenvalue weighted by Gasteiger charge is 2.29. The topological polar surface area (TPSA) is 70.2 Å². The van der Waals surface area contributed by atoms with Gasteiger partial charge in [-0.05, 0) is 18.8 Å². The lowest BCUT2D eigenvalue weighted by Gasteiger charge is -2.25. The first-order chi connectivity index (χ1) is 8.64. The highest BCUT2D eigenvalue weighted by atomic mass is 32.2. The Hall–Kier alpha value is -0.660.